The molecule has 5 nitrogen and oxygen atoms in total. The van der Waals surface area contributed by atoms with Crippen molar-refractivity contribution in [2.45, 2.75) is 0 Å². The second kappa shape index (κ2) is 331. The fraction of sp³-hybridized carbons (Fsp3) is 0. The van der Waals surface area contributed by atoms with Crippen LogP contribution in [-0.2, 0) is 0 Å². The Hall–Kier alpha value is 1.76. The van der Waals surface area contributed by atoms with E-state index in [-0.39, 0.29) is 101 Å². The van der Waals surface area contributed by atoms with Gasteiger partial charge in [0.15, 0.2) is 0 Å². The molecule has 0 bridgehead atoms. The van der Waals surface area contributed by atoms with E-state index in [0.717, 1.165) is 0 Å². The van der Waals surface area contributed by atoms with E-state index < -0.39 is 0 Å². The zero-order valence-corrected chi connectivity index (χ0v) is 10.8. The van der Waals surface area contributed by atoms with E-state index in [2.05, 4.69) is 0 Å². The molecule has 0 atom stereocenters. The summed E-state index contributed by atoms with van der Waals surface area (Å²) in [5.74, 6) is 0. The molecule has 10 heteroatoms. The molecule has 0 saturated carbocycles. The number of rotatable bonds is 0. The van der Waals surface area contributed by atoms with Gasteiger partial charge in [-0.1, -0.05) is 0 Å². The second-order valence-electron chi connectivity index (χ2n) is 0. The first kappa shape index (κ1) is 440. The minimum absolute atomic E-state index is 0. The summed E-state index contributed by atoms with van der Waals surface area (Å²) in [5.41, 5.74) is 0. The summed E-state index contributed by atoms with van der Waals surface area (Å²) >= 11 is 0. The van der Waals surface area contributed by atoms with Gasteiger partial charge in [0.05, 0.1) is 0 Å². The third-order valence-corrected chi connectivity index (χ3v) is 0. The van der Waals surface area contributed by atoms with Gasteiger partial charge in [-0.15, -0.1) is 49.6 Å². The van der Waals surface area contributed by atoms with Crippen LogP contribution in [0.5, 0.6) is 0 Å². The summed E-state index contributed by atoms with van der Waals surface area (Å²) in [7, 11) is 0. The van der Waals surface area contributed by atoms with Gasteiger partial charge in [0, 0.05) is 23.9 Å². The summed E-state index contributed by atoms with van der Waals surface area (Å²) in [6.07, 6.45) is 0. The molecule has 0 rings (SSSR count). The van der Waals surface area contributed by atoms with Crippen LogP contribution in [-0.4, -0.2) is 51.3 Å². The summed E-state index contributed by atoms with van der Waals surface area (Å²) in [6, 6.07) is 0. The zero-order valence-electron chi connectivity index (χ0n) is 4.63. The van der Waals surface area contributed by atoms with Crippen molar-refractivity contribution in [3.8, 4) is 0 Å². The van der Waals surface area contributed by atoms with E-state index in [4.69, 9.17) is 0 Å². The molecule has 0 aromatic carbocycles. The number of hydrogen-bond donors (Lipinski definition) is 0. The Labute approximate surface area is 100 Å². The topological polar surface area (TPSA) is 158 Å². The smallest absolute Gasteiger partial charge is 0 e. The van der Waals surface area contributed by atoms with Gasteiger partial charge in [0.1, 0.15) is 0 Å². The third-order valence-electron chi connectivity index (χ3n) is 0. The molecular weight excluding hydrogens is 341 g/mol. The fourth-order valence-electron chi connectivity index (χ4n) is 0. The normalized spacial score (nSPS) is 0. The van der Waals surface area contributed by atoms with Crippen LogP contribution in [0.15, 0.2) is 0 Å². The molecule has 0 aromatic heterocycles. The van der Waals surface area contributed by atoms with E-state index in [1.807, 2.05) is 0 Å². The molecule has 0 saturated heterocycles. The molecule has 0 unspecified atom stereocenters. The number of halogens is 4. The van der Waals surface area contributed by atoms with Crippen LogP contribution in [0, 0.1) is 0 Å². The van der Waals surface area contributed by atoms with Crippen molar-refractivity contribution in [3.63, 3.8) is 0 Å². The molecule has 0 spiro atoms. The Morgan fingerprint density at radius 3 is 0.300 bits per heavy atom. The van der Waals surface area contributed by atoms with Gasteiger partial charge >= 0.3 is 0 Å². The van der Waals surface area contributed by atoms with E-state index in [1.165, 1.54) is 0 Å². The van der Waals surface area contributed by atoms with Crippen molar-refractivity contribution in [3.05, 3.63) is 0 Å². The molecule has 0 amide bonds. The van der Waals surface area contributed by atoms with Gasteiger partial charge < -0.3 is 27.4 Å². The van der Waals surface area contributed by atoms with Gasteiger partial charge in [-0.25, -0.2) is 0 Å². The Kier molecular flexibility index (Phi) is 14600. The molecule has 4 radical (unpaired) electrons. The summed E-state index contributed by atoms with van der Waals surface area (Å²) < 4.78 is 0. The van der Waals surface area contributed by atoms with Crippen molar-refractivity contribution in [2.75, 3.05) is 0 Å². The molecule has 10 heavy (non-hydrogen) atoms. The number of hydrogen-bond acceptors (Lipinski definition) is 0. The third kappa shape index (κ3) is 242. The average Bonchev–Trinajstić information content (AvgIpc) is 0. The van der Waals surface area contributed by atoms with Crippen LogP contribution in [0.3, 0.4) is 0 Å². The van der Waals surface area contributed by atoms with Gasteiger partial charge in [0.2, 0.25) is 0 Å². The van der Waals surface area contributed by atoms with Gasteiger partial charge in [0.25, 0.3) is 0 Å². The minimum atomic E-state index is 0. The first-order chi connectivity index (χ1) is 0. The Morgan fingerprint density at radius 1 is 0.300 bits per heavy atom. The van der Waals surface area contributed by atoms with Crippen LogP contribution in [0.2, 0.25) is 0 Å². The van der Waals surface area contributed by atoms with Gasteiger partial charge in [-0.2, -0.15) is 0 Å². The van der Waals surface area contributed by atoms with Crippen molar-refractivity contribution < 1.29 is 27.4 Å². The van der Waals surface area contributed by atoms with Crippen LogP contribution in [0.4, 0.5) is 0 Å². The monoisotopic (exact) mass is 354 g/mol. The Balaban J connectivity index is 0. The minimum Gasteiger partial charge on any atom is -0.412 e. The molecule has 76 valence electrons. The molecule has 0 aliphatic rings. The first-order valence-electron chi connectivity index (χ1n) is 0. The van der Waals surface area contributed by atoms with Crippen molar-refractivity contribution in [1.82, 2.24) is 0 Å². The quantitative estimate of drug-likeness (QED) is 0.411. The van der Waals surface area contributed by atoms with E-state index in [0.29, 0.717) is 0 Å². The Morgan fingerprint density at radius 2 is 0.300 bits per heavy atom. The molecular formula is H14Cl4O5Sn. The molecule has 10 N–H and O–H groups in total. The molecule has 0 aliphatic carbocycles. The average molecular weight is 355 g/mol. The molecule has 0 aliphatic heterocycles. The first-order valence-corrected chi connectivity index (χ1v) is 0. The standard InChI is InChI=1S/4ClH.5H2O.Sn/h4*1H;5*1H2;. The predicted molar refractivity (Wildman–Crippen MR) is 52.8 cm³/mol. The van der Waals surface area contributed by atoms with E-state index in [9.17, 15) is 0 Å². The van der Waals surface area contributed by atoms with Crippen molar-refractivity contribution >= 4 is 73.5 Å². The summed E-state index contributed by atoms with van der Waals surface area (Å²) in [6.45, 7) is 0. The molecule has 0 heterocycles. The predicted octanol–water partition coefficient (Wildman–Crippen LogP) is -2.82. The van der Waals surface area contributed by atoms with Crippen LogP contribution in [0.25, 0.3) is 0 Å². The maximum Gasteiger partial charge on any atom is 0 e. The molecule has 0 fully saturated rings. The van der Waals surface area contributed by atoms with Crippen molar-refractivity contribution in [2.24, 2.45) is 0 Å². The maximum atomic E-state index is 0. The fourth-order valence-corrected chi connectivity index (χ4v) is 0. The second-order valence-corrected chi connectivity index (χ2v) is 0. The van der Waals surface area contributed by atoms with Crippen LogP contribution in [0.1, 0.15) is 0 Å². The summed E-state index contributed by atoms with van der Waals surface area (Å²) in [4.78, 5) is 0. The Bertz CT molecular complexity index is 13.6. The van der Waals surface area contributed by atoms with Gasteiger partial charge in [-0.3, -0.25) is 0 Å². The maximum absolute atomic E-state index is 0. The van der Waals surface area contributed by atoms with Gasteiger partial charge in [-0.05, 0) is 0 Å². The van der Waals surface area contributed by atoms with E-state index >= 15 is 0 Å². The largest absolute Gasteiger partial charge is 0.412 e. The zero-order chi connectivity index (χ0) is 0. The SMILES string of the molecule is Cl.Cl.Cl.Cl.O.O.O.O.O.[Sn]. The molecule has 0 aromatic rings. The van der Waals surface area contributed by atoms with Crippen LogP contribution < -0.4 is 0 Å². The summed E-state index contributed by atoms with van der Waals surface area (Å²) in [5, 5.41) is 0. The van der Waals surface area contributed by atoms with Crippen molar-refractivity contribution in [1.29, 1.82) is 0 Å². The van der Waals surface area contributed by atoms with Crippen LogP contribution >= 0.6 is 49.6 Å². The van der Waals surface area contributed by atoms with E-state index in [1.54, 1.807) is 0 Å².